The van der Waals surface area contributed by atoms with Crippen LogP contribution in [0.1, 0.15) is 27.0 Å². The van der Waals surface area contributed by atoms with Gasteiger partial charge in [0.2, 0.25) is 10.0 Å². The standard InChI is InChI=1S/C24H22F2N2O4S/c1-16-2-4-17(5-3-16)14-27-24(29)18-6-9-23-19(12-18)15-28(10-11-32-23)33(30,31)20-7-8-21(25)22(26)13-20/h2-9,12-13H,10-11,14-15H2,1H3,(H,27,29). The third-order valence-electron chi connectivity index (χ3n) is 5.37. The molecule has 33 heavy (non-hydrogen) atoms. The van der Waals surface area contributed by atoms with Gasteiger partial charge >= 0.3 is 0 Å². The summed E-state index contributed by atoms with van der Waals surface area (Å²) >= 11 is 0. The average molecular weight is 473 g/mol. The van der Waals surface area contributed by atoms with Crippen LogP contribution in [-0.2, 0) is 23.1 Å². The Balaban J connectivity index is 1.53. The van der Waals surface area contributed by atoms with Crippen LogP contribution in [-0.4, -0.2) is 31.8 Å². The number of ether oxygens (including phenoxy) is 1. The Hall–Kier alpha value is -3.30. The van der Waals surface area contributed by atoms with Crippen LogP contribution >= 0.6 is 0 Å². The summed E-state index contributed by atoms with van der Waals surface area (Å²) in [5.74, 6) is -2.21. The van der Waals surface area contributed by atoms with E-state index in [4.69, 9.17) is 4.74 Å². The van der Waals surface area contributed by atoms with Gasteiger partial charge in [0.25, 0.3) is 5.91 Å². The van der Waals surface area contributed by atoms with Gasteiger partial charge in [0.1, 0.15) is 12.4 Å². The van der Waals surface area contributed by atoms with Gasteiger partial charge < -0.3 is 10.1 Å². The van der Waals surface area contributed by atoms with E-state index in [0.29, 0.717) is 29.5 Å². The molecule has 0 aromatic heterocycles. The number of carbonyl (C=O) groups excluding carboxylic acids is 1. The highest BCUT2D eigenvalue weighted by molar-refractivity contribution is 7.89. The number of rotatable bonds is 5. The van der Waals surface area contributed by atoms with Crippen LogP contribution in [0.15, 0.2) is 65.6 Å². The Morgan fingerprint density at radius 3 is 2.52 bits per heavy atom. The minimum atomic E-state index is -4.10. The fourth-order valence-corrected chi connectivity index (χ4v) is 4.91. The molecule has 0 saturated carbocycles. The summed E-state index contributed by atoms with van der Waals surface area (Å²) in [5.41, 5.74) is 2.94. The molecule has 0 saturated heterocycles. The van der Waals surface area contributed by atoms with Crippen LogP contribution in [0.4, 0.5) is 8.78 Å². The number of nitrogens with one attached hydrogen (secondary N) is 1. The molecule has 1 aliphatic rings. The lowest BCUT2D eigenvalue weighted by molar-refractivity contribution is 0.0950. The quantitative estimate of drug-likeness (QED) is 0.613. The number of amides is 1. The van der Waals surface area contributed by atoms with Crippen molar-refractivity contribution in [2.45, 2.75) is 24.9 Å². The molecule has 1 aliphatic heterocycles. The first kappa shape index (κ1) is 22.9. The number of carbonyl (C=O) groups is 1. The second-order valence-corrected chi connectivity index (χ2v) is 9.69. The van der Waals surface area contributed by atoms with E-state index in [2.05, 4.69) is 5.32 Å². The minimum Gasteiger partial charge on any atom is -0.492 e. The highest BCUT2D eigenvalue weighted by atomic mass is 32.2. The Labute approximate surface area is 190 Å². The first-order valence-electron chi connectivity index (χ1n) is 10.3. The number of halogens is 2. The van der Waals surface area contributed by atoms with Gasteiger partial charge in [0.15, 0.2) is 11.6 Å². The van der Waals surface area contributed by atoms with Gasteiger partial charge in [-0.15, -0.1) is 0 Å². The van der Waals surface area contributed by atoms with Crippen molar-refractivity contribution in [2.24, 2.45) is 0 Å². The third-order valence-corrected chi connectivity index (χ3v) is 7.21. The maximum Gasteiger partial charge on any atom is 0.251 e. The van der Waals surface area contributed by atoms with Gasteiger partial charge in [-0.1, -0.05) is 29.8 Å². The van der Waals surface area contributed by atoms with Crippen LogP contribution in [0.3, 0.4) is 0 Å². The van der Waals surface area contributed by atoms with Gasteiger partial charge in [-0.25, -0.2) is 17.2 Å². The van der Waals surface area contributed by atoms with Crippen molar-refractivity contribution in [1.82, 2.24) is 9.62 Å². The zero-order valence-electron chi connectivity index (χ0n) is 17.8. The van der Waals surface area contributed by atoms with E-state index in [9.17, 15) is 22.0 Å². The highest BCUT2D eigenvalue weighted by Gasteiger charge is 2.29. The van der Waals surface area contributed by atoms with Crippen LogP contribution in [0.5, 0.6) is 5.75 Å². The van der Waals surface area contributed by atoms with E-state index in [1.807, 2.05) is 31.2 Å². The van der Waals surface area contributed by atoms with Crippen LogP contribution in [0.25, 0.3) is 0 Å². The molecule has 1 N–H and O–H groups in total. The largest absolute Gasteiger partial charge is 0.492 e. The van der Waals surface area contributed by atoms with Crippen molar-refractivity contribution >= 4 is 15.9 Å². The molecule has 3 aromatic rings. The van der Waals surface area contributed by atoms with Crippen molar-refractivity contribution in [1.29, 1.82) is 0 Å². The Kier molecular flexibility index (Phi) is 6.44. The monoisotopic (exact) mass is 472 g/mol. The lowest BCUT2D eigenvalue weighted by atomic mass is 10.1. The van der Waals surface area contributed by atoms with E-state index >= 15 is 0 Å². The van der Waals surface area contributed by atoms with Gasteiger partial charge in [-0.2, -0.15) is 4.31 Å². The van der Waals surface area contributed by atoms with Gasteiger partial charge in [-0.05, 0) is 48.9 Å². The van der Waals surface area contributed by atoms with E-state index in [0.717, 1.165) is 27.6 Å². The minimum absolute atomic E-state index is 0.0188. The summed E-state index contributed by atoms with van der Waals surface area (Å²) in [6.07, 6.45) is 0. The number of hydrogen-bond donors (Lipinski definition) is 1. The zero-order chi connectivity index (χ0) is 23.6. The summed E-state index contributed by atoms with van der Waals surface area (Å²) in [5, 5.41) is 2.85. The molecule has 3 aromatic carbocycles. The molecule has 9 heteroatoms. The molecule has 1 heterocycles. The molecule has 0 atom stereocenters. The molecule has 0 spiro atoms. The van der Waals surface area contributed by atoms with E-state index in [1.165, 1.54) is 0 Å². The SMILES string of the molecule is Cc1ccc(CNC(=O)c2ccc3c(c2)CN(S(=O)(=O)c2ccc(F)c(F)c2)CCO3)cc1. The predicted molar refractivity (Wildman–Crippen MR) is 118 cm³/mol. The van der Waals surface area contributed by atoms with Crippen LogP contribution in [0, 0.1) is 18.6 Å². The van der Waals surface area contributed by atoms with Crippen LogP contribution in [0.2, 0.25) is 0 Å². The van der Waals surface area contributed by atoms with Crippen molar-refractivity contribution in [2.75, 3.05) is 13.2 Å². The summed E-state index contributed by atoms with van der Waals surface area (Å²) in [6, 6.07) is 15.1. The summed E-state index contributed by atoms with van der Waals surface area (Å²) in [4.78, 5) is 12.3. The Morgan fingerprint density at radius 1 is 1.03 bits per heavy atom. The number of sulfonamides is 1. The molecule has 0 bridgehead atoms. The number of nitrogens with zero attached hydrogens (tertiary/aromatic N) is 1. The summed E-state index contributed by atoms with van der Waals surface area (Å²) < 4.78 is 59.7. The smallest absolute Gasteiger partial charge is 0.251 e. The van der Waals surface area contributed by atoms with Crippen molar-refractivity contribution in [3.8, 4) is 5.75 Å². The fourth-order valence-electron chi connectivity index (χ4n) is 3.49. The number of hydrogen-bond acceptors (Lipinski definition) is 4. The molecule has 1 amide bonds. The highest BCUT2D eigenvalue weighted by Crippen LogP contribution is 2.28. The Bertz CT molecular complexity index is 1290. The molecular formula is C24H22F2N2O4S. The molecule has 0 aliphatic carbocycles. The maximum absolute atomic E-state index is 13.6. The van der Waals surface area contributed by atoms with E-state index < -0.39 is 21.7 Å². The van der Waals surface area contributed by atoms with Gasteiger partial charge in [0, 0.05) is 30.8 Å². The first-order valence-corrected chi connectivity index (χ1v) is 11.7. The van der Waals surface area contributed by atoms with Gasteiger partial charge in [0.05, 0.1) is 4.90 Å². The molecule has 0 unspecified atom stereocenters. The molecule has 4 rings (SSSR count). The average Bonchev–Trinajstić information content (AvgIpc) is 3.02. The molecule has 6 nitrogen and oxygen atoms in total. The topological polar surface area (TPSA) is 75.7 Å². The number of benzene rings is 3. The third kappa shape index (κ3) is 5.04. The van der Waals surface area contributed by atoms with E-state index in [-0.39, 0.29) is 30.5 Å². The zero-order valence-corrected chi connectivity index (χ0v) is 18.7. The molecule has 0 fully saturated rings. The maximum atomic E-state index is 13.6. The van der Waals surface area contributed by atoms with Crippen molar-refractivity contribution in [3.63, 3.8) is 0 Å². The number of fused-ring (bicyclic) bond motifs is 1. The summed E-state index contributed by atoms with van der Waals surface area (Å²) in [7, 11) is -4.10. The molecule has 172 valence electrons. The molecule has 0 radical (unpaired) electrons. The number of aryl methyl sites for hydroxylation is 1. The fraction of sp³-hybridized carbons (Fsp3) is 0.208. The van der Waals surface area contributed by atoms with Crippen LogP contribution < -0.4 is 10.1 Å². The predicted octanol–water partition coefficient (Wildman–Crippen LogP) is 3.79. The van der Waals surface area contributed by atoms with Crippen molar-refractivity contribution in [3.05, 3.63) is 94.6 Å². The normalized spacial score (nSPS) is 14.2. The first-order chi connectivity index (χ1) is 15.7. The lowest BCUT2D eigenvalue weighted by Gasteiger charge is -2.19. The lowest BCUT2D eigenvalue weighted by Crippen LogP contribution is -2.32. The second kappa shape index (κ2) is 9.29. The van der Waals surface area contributed by atoms with Gasteiger partial charge in [-0.3, -0.25) is 4.79 Å². The second-order valence-electron chi connectivity index (χ2n) is 7.75. The van der Waals surface area contributed by atoms with E-state index in [1.54, 1.807) is 18.2 Å². The Morgan fingerprint density at radius 2 is 1.79 bits per heavy atom. The molecular weight excluding hydrogens is 450 g/mol. The summed E-state index contributed by atoms with van der Waals surface area (Å²) in [6.45, 7) is 2.36. The van der Waals surface area contributed by atoms with Crippen molar-refractivity contribution < 1.29 is 26.7 Å².